The fourth-order valence-corrected chi connectivity index (χ4v) is 3.67. The minimum absolute atomic E-state index is 0.0260. The van der Waals surface area contributed by atoms with Gasteiger partial charge in [0.2, 0.25) is 5.95 Å². The standard InChI is InChI=1S/C20H18F6N6/c21-19(22,23)13-5-3-9-32(11-13)18-30-16-14(6-2-8-28-16)17(31-18)29-10-12-4-1-7-27-15(12)20(24,25)26/h1-2,4,6-8,13H,3,5,9-11H2,(H,28,29,30,31). The second kappa shape index (κ2) is 8.40. The minimum Gasteiger partial charge on any atom is -0.365 e. The van der Waals surface area contributed by atoms with Crippen molar-refractivity contribution in [1.29, 1.82) is 0 Å². The highest BCUT2D eigenvalue weighted by atomic mass is 19.4. The number of nitrogens with one attached hydrogen (secondary N) is 1. The fourth-order valence-electron chi connectivity index (χ4n) is 3.67. The van der Waals surface area contributed by atoms with E-state index in [1.165, 1.54) is 23.2 Å². The van der Waals surface area contributed by atoms with Crippen molar-refractivity contribution in [2.24, 2.45) is 5.92 Å². The first-order valence-corrected chi connectivity index (χ1v) is 9.82. The molecule has 0 spiro atoms. The number of rotatable bonds is 4. The van der Waals surface area contributed by atoms with Gasteiger partial charge in [0.15, 0.2) is 5.65 Å². The Hall–Kier alpha value is -3.18. The highest BCUT2D eigenvalue weighted by molar-refractivity contribution is 5.87. The summed E-state index contributed by atoms with van der Waals surface area (Å²) in [4.78, 5) is 17.6. The van der Waals surface area contributed by atoms with Crippen LogP contribution in [0.4, 0.5) is 38.1 Å². The molecule has 1 saturated heterocycles. The zero-order valence-electron chi connectivity index (χ0n) is 16.6. The minimum atomic E-state index is -4.63. The normalized spacial score (nSPS) is 17.6. The smallest absolute Gasteiger partial charge is 0.365 e. The summed E-state index contributed by atoms with van der Waals surface area (Å²) >= 11 is 0. The third-order valence-corrected chi connectivity index (χ3v) is 5.23. The Balaban J connectivity index is 1.65. The molecule has 1 aliphatic rings. The molecule has 1 atom stereocenters. The van der Waals surface area contributed by atoms with Crippen LogP contribution in [0.5, 0.6) is 0 Å². The van der Waals surface area contributed by atoms with Gasteiger partial charge in [-0.2, -0.15) is 36.3 Å². The number of aromatic nitrogens is 4. The summed E-state index contributed by atoms with van der Waals surface area (Å²) < 4.78 is 79.4. The van der Waals surface area contributed by atoms with E-state index < -0.39 is 24.0 Å². The molecular weight excluding hydrogens is 438 g/mol. The van der Waals surface area contributed by atoms with Crippen LogP contribution in [0, 0.1) is 5.92 Å². The molecule has 0 bridgehead atoms. The second-order valence-corrected chi connectivity index (χ2v) is 7.44. The van der Waals surface area contributed by atoms with E-state index in [0.29, 0.717) is 18.4 Å². The quantitative estimate of drug-likeness (QED) is 0.568. The number of piperidine rings is 1. The molecular formula is C20H18F6N6. The number of nitrogens with zero attached hydrogens (tertiary/aromatic N) is 5. The zero-order chi connectivity index (χ0) is 22.9. The highest BCUT2D eigenvalue weighted by Gasteiger charge is 2.42. The number of anilines is 2. The Kier molecular flexibility index (Phi) is 5.78. The van der Waals surface area contributed by atoms with Gasteiger partial charge in [0.05, 0.1) is 11.3 Å². The number of halogens is 6. The van der Waals surface area contributed by atoms with Gasteiger partial charge >= 0.3 is 12.4 Å². The molecule has 0 aromatic carbocycles. The van der Waals surface area contributed by atoms with Crippen molar-refractivity contribution < 1.29 is 26.3 Å². The molecule has 1 unspecified atom stereocenters. The molecule has 3 aromatic heterocycles. The van der Waals surface area contributed by atoms with E-state index in [9.17, 15) is 26.3 Å². The first kappa shape index (κ1) is 22.0. The summed E-state index contributed by atoms with van der Waals surface area (Å²) in [6.45, 7) is -0.193. The van der Waals surface area contributed by atoms with E-state index in [2.05, 4.69) is 25.3 Å². The SMILES string of the molecule is FC(F)(F)c1ncccc1CNc1nc(N2CCCC(C(F)(F)F)C2)nc2ncccc12. The lowest BCUT2D eigenvalue weighted by molar-refractivity contribution is -0.176. The van der Waals surface area contributed by atoms with E-state index in [1.54, 1.807) is 12.1 Å². The summed E-state index contributed by atoms with van der Waals surface area (Å²) in [5.41, 5.74) is -0.878. The molecule has 0 amide bonds. The topological polar surface area (TPSA) is 66.8 Å². The molecule has 1 N–H and O–H groups in total. The Morgan fingerprint density at radius 2 is 1.75 bits per heavy atom. The first-order chi connectivity index (χ1) is 15.1. The summed E-state index contributed by atoms with van der Waals surface area (Å²) in [5.74, 6) is -1.26. The average molecular weight is 456 g/mol. The fraction of sp³-hybridized carbons (Fsp3) is 0.400. The summed E-state index contributed by atoms with van der Waals surface area (Å²) in [5, 5.41) is 3.30. The molecule has 0 aliphatic carbocycles. The summed E-state index contributed by atoms with van der Waals surface area (Å²) in [6, 6.07) is 5.94. The Bertz CT molecular complexity index is 1100. The van der Waals surface area contributed by atoms with E-state index in [-0.39, 0.29) is 42.5 Å². The van der Waals surface area contributed by atoms with Crippen molar-refractivity contribution >= 4 is 22.8 Å². The van der Waals surface area contributed by atoms with Crippen molar-refractivity contribution in [3.63, 3.8) is 0 Å². The van der Waals surface area contributed by atoms with Crippen LogP contribution in [-0.4, -0.2) is 39.2 Å². The number of fused-ring (bicyclic) bond motifs is 1. The van der Waals surface area contributed by atoms with Crippen LogP contribution in [0.3, 0.4) is 0 Å². The summed E-state index contributed by atoms with van der Waals surface area (Å²) in [7, 11) is 0. The van der Waals surface area contributed by atoms with Crippen LogP contribution in [0.1, 0.15) is 24.1 Å². The van der Waals surface area contributed by atoms with Crippen molar-refractivity contribution in [2.45, 2.75) is 31.7 Å². The molecule has 3 aromatic rings. The predicted molar refractivity (Wildman–Crippen MR) is 105 cm³/mol. The molecule has 12 heteroatoms. The maximum absolute atomic E-state index is 13.2. The second-order valence-electron chi connectivity index (χ2n) is 7.44. The molecule has 1 fully saturated rings. The van der Waals surface area contributed by atoms with Gasteiger partial charge in [0.25, 0.3) is 0 Å². The van der Waals surface area contributed by atoms with Crippen molar-refractivity contribution in [3.8, 4) is 0 Å². The molecule has 0 saturated carbocycles. The van der Waals surface area contributed by atoms with Crippen molar-refractivity contribution in [3.05, 3.63) is 47.9 Å². The van der Waals surface area contributed by atoms with Gasteiger partial charge in [-0.3, -0.25) is 4.98 Å². The lowest BCUT2D eigenvalue weighted by Gasteiger charge is -2.33. The monoisotopic (exact) mass is 456 g/mol. The molecule has 32 heavy (non-hydrogen) atoms. The van der Waals surface area contributed by atoms with Gasteiger partial charge in [0, 0.05) is 37.6 Å². The predicted octanol–water partition coefficient (Wildman–Crippen LogP) is 4.83. The van der Waals surface area contributed by atoms with Crippen LogP contribution in [0.2, 0.25) is 0 Å². The van der Waals surface area contributed by atoms with E-state index in [0.717, 1.165) is 6.20 Å². The average Bonchev–Trinajstić information content (AvgIpc) is 2.76. The number of hydrogen-bond donors (Lipinski definition) is 1. The molecule has 1 aliphatic heterocycles. The summed E-state index contributed by atoms with van der Waals surface area (Å²) in [6.07, 6.45) is -6.08. The maximum Gasteiger partial charge on any atom is 0.433 e. The molecule has 4 rings (SSSR count). The van der Waals surface area contributed by atoms with Gasteiger partial charge in [-0.15, -0.1) is 0 Å². The Morgan fingerprint density at radius 3 is 2.50 bits per heavy atom. The Morgan fingerprint density at radius 1 is 1.00 bits per heavy atom. The third-order valence-electron chi connectivity index (χ3n) is 5.23. The maximum atomic E-state index is 13.2. The third kappa shape index (κ3) is 4.68. The number of pyridine rings is 2. The largest absolute Gasteiger partial charge is 0.433 e. The van der Waals surface area contributed by atoms with Crippen LogP contribution in [0.25, 0.3) is 11.0 Å². The first-order valence-electron chi connectivity index (χ1n) is 9.82. The molecule has 0 radical (unpaired) electrons. The molecule has 4 heterocycles. The van der Waals surface area contributed by atoms with E-state index >= 15 is 0 Å². The molecule has 170 valence electrons. The van der Waals surface area contributed by atoms with Gasteiger partial charge in [-0.1, -0.05) is 6.07 Å². The van der Waals surface area contributed by atoms with Gasteiger partial charge < -0.3 is 10.2 Å². The zero-order valence-corrected chi connectivity index (χ0v) is 16.6. The number of alkyl halides is 6. The van der Waals surface area contributed by atoms with Crippen LogP contribution < -0.4 is 10.2 Å². The van der Waals surface area contributed by atoms with E-state index in [4.69, 9.17) is 0 Å². The van der Waals surface area contributed by atoms with Crippen molar-refractivity contribution in [2.75, 3.05) is 23.3 Å². The van der Waals surface area contributed by atoms with Gasteiger partial charge in [-0.05, 0) is 31.0 Å². The lowest BCUT2D eigenvalue weighted by atomic mass is 9.98. The Labute approximate surface area is 178 Å². The highest BCUT2D eigenvalue weighted by Crippen LogP contribution is 2.35. The van der Waals surface area contributed by atoms with Gasteiger partial charge in [-0.25, -0.2) is 4.98 Å². The lowest BCUT2D eigenvalue weighted by Crippen LogP contribution is -2.42. The van der Waals surface area contributed by atoms with Crippen molar-refractivity contribution in [1.82, 2.24) is 19.9 Å². The molecule has 6 nitrogen and oxygen atoms in total. The van der Waals surface area contributed by atoms with Gasteiger partial charge in [0.1, 0.15) is 11.5 Å². The van der Waals surface area contributed by atoms with E-state index in [1.807, 2.05) is 0 Å². The van der Waals surface area contributed by atoms with Crippen LogP contribution in [0.15, 0.2) is 36.7 Å². The van der Waals surface area contributed by atoms with Crippen LogP contribution >= 0.6 is 0 Å². The van der Waals surface area contributed by atoms with Crippen LogP contribution in [-0.2, 0) is 12.7 Å². The number of hydrogen-bond acceptors (Lipinski definition) is 6.